The Labute approximate surface area is 163 Å². The molecule has 1 aliphatic heterocycles. The molecule has 1 N–H and O–H groups in total. The fourth-order valence-corrected chi connectivity index (χ4v) is 3.84. The maximum Gasteiger partial charge on any atom is 0.253 e. The van der Waals surface area contributed by atoms with Crippen LogP contribution in [0.15, 0.2) is 54.9 Å². The van der Waals surface area contributed by atoms with Crippen LogP contribution in [0.1, 0.15) is 35.2 Å². The van der Waals surface area contributed by atoms with Crippen LogP contribution >= 0.6 is 0 Å². The molecule has 0 aliphatic carbocycles. The highest BCUT2D eigenvalue weighted by molar-refractivity contribution is 5.94. The normalized spacial score (nSPS) is 16.9. The van der Waals surface area contributed by atoms with Crippen LogP contribution in [0.25, 0.3) is 11.4 Å². The number of rotatable bonds is 5. The van der Waals surface area contributed by atoms with Gasteiger partial charge in [0.2, 0.25) is 0 Å². The summed E-state index contributed by atoms with van der Waals surface area (Å²) in [5, 5.41) is 6.67. The van der Waals surface area contributed by atoms with Crippen molar-refractivity contribution in [2.75, 3.05) is 13.1 Å². The van der Waals surface area contributed by atoms with E-state index in [2.05, 4.69) is 15.2 Å². The van der Waals surface area contributed by atoms with E-state index in [0.29, 0.717) is 23.7 Å². The van der Waals surface area contributed by atoms with Crippen molar-refractivity contribution in [3.8, 4) is 11.4 Å². The van der Waals surface area contributed by atoms with Crippen molar-refractivity contribution in [2.45, 2.75) is 25.7 Å². The van der Waals surface area contributed by atoms with Gasteiger partial charge < -0.3 is 4.90 Å². The number of hydrogen-bond donors (Lipinski definition) is 1. The Balaban J connectivity index is 1.37. The summed E-state index contributed by atoms with van der Waals surface area (Å²) in [4.78, 5) is 19.0. The first-order valence-corrected chi connectivity index (χ1v) is 9.69. The second-order valence-corrected chi connectivity index (χ2v) is 7.30. The zero-order chi connectivity index (χ0) is 19.3. The minimum absolute atomic E-state index is 0.0553. The zero-order valence-electron chi connectivity index (χ0n) is 15.6. The number of nitrogens with one attached hydrogen (secondary N) is 1. The number of halogens is 1. The molecule has 3 aromatic rings. The Bertz CT molecular complexity index is 924. The number of aromatic nitrogens is 3. The monoisotopic (exact) mass is 378 g/mol. The highest BCUT2D eigenvalue weighted by Crippen LogP contribution is 2.24. The highest BCUT2D eigenvalue weighted by atomic mass is 19.1. The predicted octanol–water partition coefficient (Wildman–Crippen LogP) is 4.10. The van der Waals surface area contributed by atoms with E-state index in [0.717, 1.165) is 43.5 Å². The minimum Gasteiger partial charge on any atom is -0.338 e. The highest BCUT2D eigenvalue weighted by Gasteiger charge is 2.24. The molecular weight excluding hydrogens is 355 g/mol. The first-order valence-electron chi connectivity index (χ1n) is 9.69. The lowest BCUT2D eigenvalue weighted by atomic mass is 9.91. The molecule has 4 rings (SSSR count). The van der Waals surface area contributed by atoms with Crippen LogP contribution in [-0.2, 0) is 6.42 Å². The molecule has 1 saturated heterocycles. The van der Waals surface area contributed by atoms with Crippen molar-refractivity contribution in [3.05, 3.63) is 71.8 Å². The number of carbonyl (C=O) groups excluding carboxylic acids is 1. The molecule has 2 aromatic carbocycles. The quantitative estimate of drug-likeness (QED) is 0.727. The van der Waals surface area contributed by atoms with Gasteiger partial charge in [-0.3, -0.25) is 9.89 Å². The van der Waals surface area contributed by atoms with E-state index in [9.17, 15) is 9.18 Å². The first-order chi connectivity index (χ1) is 13.7. The van der Waals surface area contributed by atoms with Crippen LogP contribution in [-0.4, -0.2) is 39.1 Å². The molecule has 0 unspecified atom stereocenters. The largest absolute Gasteiger partial charge is 0.338 e. The average molecular weight is 378 g/mol. The van der Waals surface area contributed by atoms with Crippen molar-refractivity contribution >= 4 is 5.91 Å². The van der Waals surface area contributed by atoms with Crippen LogP contribution in [0.3, 0.4) is 0 Å². The molecule has 1 fully saturated rings. The Morgan fingerprint density at radius 2 is 2.00 bits per heavy atom. The van der Waals surface area contributed by atoms with Crippen molar-refractivity contribution in [3.63, 3.8) is 0 Å². The van der Waals surface area contributed by atoms with Gasteiger partial charge in [-0.1, -0.05) is 30.3 Å². The molecule has 1 atom stereocenters. The van der Waals surface area contributed by atoms with Gasteiger partial charge >= 0.3 is 0 Å². The Morgan fingerprint density at radius 1 is 1.18 bits per heavy atom. The van der Waals surface area contributed by atoms with Crippen LogP contribution < -0.4 is 0 Å². The summed E-state index contributed by atoms with van der Waals surface area (Å²) < 4.78 is 13.8. The van der Waals surface area contributed by atoms with Crippen molar-refractivity contribution in [2.24, 2.45) is 5.92 Å². The summed E-state index contributed by atoms with van der Waals surface area (Å²) in [5.41, 5.74) is 2.34. The van der Waals surface area contributed by atoms with Crippen LogP contribution in [0.5, 0.6) is 0 Å². The number of H-pyrrole nitrogens is 1. The molecule has 144 valence electrons. The van der Waals surface area contributed by atoms with E-state index in [1.165, 1.54) is 12.4 Å². The molecular formula is C22H23FN4O. The van der Waals surface area contributed by atoms with Gasteiger partial charge in [-0.15, -0.1) is 0 Å². The van der Waals surface area contributed by atoms with Gasteiger partial charge in [-0.2, -0.15) is 5.10 Å². The molecule has 0 spiro atoms. The summed E-state index contributed by atoms with van der Waals surface area (Å²) in [6.07, 6.45) is 5.15. The Morgan fingerprint density at radius 3 is 2.75 bits per heavy atom. The number of likely N-dealkylation sites (tertiary alicyclic amines) is 1. The third-order valence-corrected chi connectivity index (χ3v) is 5.41. The van der Waals surface area contributed by atoms with Gasteiger partial charge in [0.15, 0.2) is 5.82 Å². The van der Waals surface area contributed by atoms with Gasteiger partial charge in [0.1, 0.15) is 12.1 Å². The summed E-state index contributed by atoms with van der Waals surface area (Å²) >= 11 is 0. The van der Waals surface area contributed by atoms with Crippen LogP contribution in [0, 0.1) is 11.7 Å². The van der Waals surface area contributed by atoms with Crippen LogP contribution in [0.4, 0.5) is 4.39 Å². The van der Waals surface area contributed by atoms with Crippen molar-refractivity contribution in [1.29, 1.82) is 0 Å². The van der Waals surface area contributed by atoms with E-state index in [4.69, 9.17) is 0 Å². The maximum atomic E-state index is 13.8. The lowest BCUT2D eigenvalue weighted by Gasteiger charge is -2.33. The number of piperidine rings is 1. The second-order valence-electron chi connectivity index (χ2n) is 7.30. The third kappa shape index (κ3) is 4.11. The zero-order valence-corrected chi connectivity index (χ0v) is 15.6. The first kappa shape index (κ1) is 18.3. The van der Waals surface area contributed by atoms with E-state index < -0.39 is 0 Å². The minimum atomic E-state index is -0.141. The predicted molar refractivity (Wildman–Crippen MR) is 105 cm³/mol. The summed E-state index contributed by atoms with van der Waals surface area (Å²) in [5.74, 6) is 1.01. The smallest absolute Gasteiger partial charge is 0.253 e. The number of carbonyl (C=O) groups is 1. The molecule has 1 amide bonds. The average Bonchev–Trinajstić information content (AvgIpc) is 3.28. The fourth-order valence-electron chi connectivity index (χ4n) is 3.84. The lowest BCUT2D eigenvalue weighted by Crippen LogP contribution is -2.40. The van der Waals surface area contributed by atoms with Gasteiger partial charge in [0, 0.05) is 24.2 Å². The summed E-state index contributed by atoms with van der Waals surface area (Å²) in [7, 11) is 0. The second kappa shape index (κ2) is 8.33. The number of benzene rings is 2. The molecule has 28 heavy (non-hydrogen) atoms. The van der Waals surface area contributed by atoms with Gasteiger partial charge in [0.05, 0.1) is 0 Å². The molecule has 6 heteroatoms. The third-order valence-electron chi connectivity index (χ3n) is 5.41. The number of aromatic amines is 1. The SMILES string of the molecule is O=C(c1ccc(-c2ncn[nH]2)cc1)N1CCC[C@@H](CCc2ccccc2F)C1. The summed E-state index contributed by atoms with van der Waals surface area (Å²) in [6, 6.07) is 14.4. The number of amides is 1. The van der Waals surface area contributed by atoms with E-state index in [-0.39, 0.29) is 11.7 Å². The fraction of sp³-hybridized carbons (Fsp3) is 0.318. The topological polar surface area (TPSA) is 61.9 Å². The van der Waals surface area contributed by atoms with Gasteiger partial charge in [0.25, 0.3) is 5.91 Å². The molecule has 2 heterocycles. The Kier molecular flexibility index (Phi) is 5.46. The van der Waals surface area contributed by atoms with Gasteiger partial charge in [-0.25, -0.2) is 9.37 Å². The molecule has 5 nitrogen and oxygen atoms in total. The summed E-state index contributed by atoms with van der Waals surface area (Å²) in [6.45, 7) is 1.51. The maximum absolute atomic E-state index is 13.8. The van der Waals surface area contributed by atoms with E-state index >= 15 is 0 Å². The molecule has 0 saturated carbocycles. The van der Waals surface area contributed by atoms with E-state index in [1.54, 1.807) is 6.07 Å². The number of hydrogen-bond acceptors (Lipinski definition) is 3. The van der Waals surface area contributed by atoms with E-state index in [1.807, 2.05) is 41.3 Å². The van der Waals surface area contributed by atoms with Crippen LogP contribution in [0.2, 0.25) is 0 Å². The standard InChI is InChI=1S/C22H23FN4O/c23-20-6-2-1-5-17(20)8-7-16-4-3-13-27(14-16)22(28)19-11-9-18(10-12-19)21-24-15-25-26-21/h1-2,5-6,9-12,15-16H,3-4,7-8,13-14H2,(H,24,25,26)/t16-/m0/s1. The molecule has 1 aliphatic rings. The van der Waals surface area contributed by atoms with Gasteiger partial charge in [-0.05, 0) is 55.4 Å². The lowest BCUT2D eigenvalue weighted by molar-refractivity contribution is 0.0668. The molecule has 0 radical (unpaired) electrons. The molecule has 1 aromatic heterocycles. The Hall–Kier alpha value is -3.02. The van der Waals surface area contributed by atoms with Crippen molar-refractivity contribution in [1.82, 2.24) is 20.1 Å². The number of aryl methyl sites for hydroxylation is 1. The molecule has 0 bridgehead atoms. The van der Waals surface area contributed by atoms with Crippen molar-refractivity contribution < 1.29 is 9.18 Å². The number of nitrogens with zero attached hydrogens (tertiary/aromatic N) is 3.